The minimum atomic E-state index is 1.25. The van der Waals surface area contributed by atoms with Gasteiger partial charge in [-0.15, -0.1) is 11.3 Å². The molecule has 0 saturated heterocycles. The van der Waals surface area contributed by atoms with E-state index in [4.69, 9.17) is 0 Å². The summed E-state index contributed by atoms with van der Waals surface area (Å²) in [6.45, 7) is 2.13. The number of rotatable bonds is 0. The predicted octanol–water partition coefficient (Wildman–Crippen LogP) is 4.16. The largest absolute Gasteiger partial charge is 0.135 e. The van der Waals surface area contributed by atoms with Crippen LogP contribution in [0.3, 0.4) is 0 Å². The van der Waals surface area contributed by atoms with E-state index in [1.54, 1.807) is 0 Å². The van der Waals surface area contributed by atoms with Gasteiger partial charge in [-0.2, -0.15) is 0 Å². The average molecular weight is 197 g/mol. The average Bonchev–Trinajstić information content (AvgIpc) is 2.57. The van der Waals surface area contributed by atoms with Crippen LogP contribution in [0.4, 0.5) is 0 Å². The standard InChI is InChI=1S/C13H9S/c1-9-5-4-8-12-13(9)10-6-2-3-7-11(10)14-12/h2-4,6-8H,1H3. The third-order valence-electron chi connectivity index (χ3n) is 2.53. The molecule has 1 heterocycles. The predicted molar refractivity (Wildman–Crippen MR) is 62.9 cm³/mol. The van der Waals surface area contributed by atoms with E-state index in [1.165, 1.54) is 25.7 Å². The first-order valence-corrected chi connectivity index (χ1v) is 5.46. The van der Waals surface area contributed by atoms with Gasteiger partial charge in [-0.3, -0.25) is 0 Å². The third-order valence-corrected chi connectivity index (χ3v) is 3.67. The van der Waals surface area contributed by atoms with E-state index in [-0.39, 0.29) is 0 Å². The Morgan fingerprint density at radius 1 is 1.07 bits per heavy atom. The molecule has 0 saturated carbocycles. The molecule has 1 heteroatoms. The highest BCUT2D eigenvalue weighted by atomic mass is 32.1. The molecule has 3 rings (SSSR count). The molecule has 0 spiro atoms. The summed E-state index contributed by atoms with van der Waals surface area (Å²) in [7, 11) is 0. The topological polar surface area (TPSA) is 0 Å². The van der Waals surface area contributed by atoms with E-state index in [0.29, 0.717) is 0 Å². The highest BCUT2D eigenvalue weighted by Gasteiger charge is 2.05. The van der Waals surface area contributed by atoms with Crippen molar-refractivity contribution in [3.05, 3.63) is 48.0 Å². The lowest BCUT2D eigenvalue weighted by molar-refractivity contribution is 1.54. The molecule has 2 aromatic carbocycles. The van der Waals surface area contributed by atoms with Crippen LogP contribution >= 0.6 is 11.3 Å². The number of benzene rings is 2. The lowest BCUT2D eigenvalue weighted by Crippen LogP contribution is -1.72. The van der Waals surface area contributed by atoms with Gasteiger partial charge >= 0.3 is 0 Å². The Labute approximate surface area is 86.8 Å². The van der Waals surface area contributed by atoms with Crippen LogP contribution in [0.5, 0.6) is 0 Å². The quantitative estimate of drug-likeness (QED) is 0.507. The van der Waals surface area contributed by atoms with Gasteiger partial charge in [0, 0.05) is 20.2 Å². The molecule has 0 aliphatic heterocycles. The number of hydrogen-bond donors (Lipinski definition) is 0. The summed E-state index contributed by atoms with van der Waals surface area (Å²) in [4.78, 5) is 0. The van der Waals surface area contributed by atoms with Crippen molar-refractivity contribution in [3.63, 3.8) is 0 Å². The van der Waals surface area contributed by atoms with Crippen LogP contribution in [-0.4, -0.2) is 0 Å². The number of aryl methyl sites for hydroxylation is 1. The van der Waals surface area contributed by atoms with Crippen molar-refractivity contribution in [2.24, 2.45) is 0 Å². The fraction of sp³-hybridized carbons (Fsp3) is 0.0769. The summed E-state index contributed by atoms with van der Waals surface area (Å²) in [5.41, 5.74) is 1.25. The maximum atomic E-state index is 3.26. The zero-order valence-electron chi connectivity index (χ0n) is 7.87. The van der Waals surface area contributed by atoms with Gasteiger partial charge in [0.2, 0.25) is 0 Å². The molecule has 67 valence electrons. The van der Waals surface area contributed by atoms with Crippen LogP contribution in [0.25, 0.3) is 20.2 Å². The van der Waals surface area contributed by atoms with Gasteiger partial charge in [0.15, 0.2) is 0 Å². The van der Waals surface area contributed by atoms with Crippen LogP contribution in [-0.2, 0) is 0 Å². The van der Waals surface area contributed by atoms with Crippen LogP contribution in [0.2, 0.25) is 0 Å². The molecule has 0 atom stereocenters. The van der Waals surface area contributed by atoms with E-state index < -0.39 is 0 Å². The molecule has 0 aliphatic carbocycles. The Hall–Kier alpha value is -1.34. The smallest absolute Gasteiger partial charge is 0.0358 e. The Morgan fingerprint density at radius 2 is 1.93 bits per heavy atom. The Balaban J connectivity index is 2.65. The second-order valence-corrected chi connectivity index (χ2v) is 4.52. The molecule has 0 nitrogen and oxygen atoms in total. The fourth-order valence-electron chi connectivity index (χ4n) is 1.88. The number of hydrogen-bond acceptors (Lipinski definition) is 1. The molecule has 0 N–H and O–H groups in total. The molecule has 0 bridgehead atoms. The van der Waals surface area contributed by atoms with Crippen LogP contribution in [0.1, 0.15) is 5.56 Å². The second-order valence-electron chi connectivity index (χ2n) is 3.44. The maximum absolute atomic E-state index is 3.26. The SMILES string of the molecule is Cc1[c]ccc2sc3ccccc3c12. The minimum Gasteiger partial charge on any atom is -0.135 e. The van der Waals surface area contributed by atoms with Gasteiger partial charge in [0.1, 0.15) is 0 Å². The number of fused-ring (bicyclic) bond motifs is 3. The van der Waals surface area contributed by atoms with Gasteiger partial charge in [-0.25, -0.2) is 0 Å². The molecule has 0 unspecified atom stereocenters. The van der Waals surface area contributed by atoms with Gasteiger partial charge in [-0.05, 0) is 30.7 Å². The van der Waals surface area contributed by atoms with Crippen LogP contribution < -0.4 is 0 Å². The Kier molecular flexibility index (Phi) is 1.62. The molecule has 1 aromatic heterocycles. The summed E-state index contributed by atoms with van der Waals surface area (Å²) in [5.74, 6) is 0. The van der Waals surface area contributed by atoms with Crippen molar-refractivity contribution in [3.8, 4) is 0 Å². The van der Waals surface area contributed by atoms with E-state index in [1.807, 2.05) is 17.4 Å². The van der Waals surface area contributed by atoms with Crippen LogP contribution in [0.15, 0.2) is 36.4 Å². The first-order chi connectivity index (χ1) is 6.86. The van der Waals surface area contributed by atoms with Crippen molar-refractivity contribution in [2.45, 2.75) is 6.92 Å². The van der Waals surface area contributed by atoms with Gasteiger partial charge in [-0.1, -0.05) is 24.3 Å². The van der Waals surface area contributed by atoms with Gasteiger partial charge < -0.3 is 0 Å². The maximum Gasteiger partial charge on any atom is 0.0358 e. The van der Waals surface area contributed by atoms with Gasteiger partial charge in [0.05, 0.1) is 0 Å². The highest BCUT2D eigenvalue weighted by Crippen LogP contribution is 2.34. The van der Waals surface area contributed by atoms with Crippen molar-refractivity contribution in [1.82, 2.24) is 0 Å². The normalized spacial score (nSPS) is 11.2. The van der Waals surface area contributed by atoms with E-state index in [0.717, 1.165) is 0 Å². The monoisotopic (exact) mass is 197 g/mol. The van der Waals surface area contributed by atoms with E-state index >= 15 is 0 Å². The summed E-state index contributed by atoms with van der Waals surface area (Å²) < 4.78 is 2.73. The van der Waals surface area contributed by atoms with E-state index in [2.05, 4.69) is 43.3 Å². The van der Waals surface area contributed by atoms with Crippen molar-refractivity contribution in [1.29, 1.82) is 0 Å². The zero-order chi connectivity index (χ0) is 9.54. The molecule has 14 heavy (non-hydrogen) atoms. The van der Waals surface area contributed by atoms with Crippen molar-refractivity contribution >= 4 is 31.5 Å². The molecular formula is C13H9S. The van der Waals surface area contributed by atoms with E-state index in [9.17, 15) is 0 Å². The lowest BCUT2D eigenvalue weighted by atomic mass is 10.1. The summed E-state index contributed by atoms with van der Waals surface area (Å²) in [6.07, 6.45) is 0. The highest BCUT2D eigenvalue weighted by molar-refractivity contribution is 7.25. The Bertz CT molecular complexity index is 605. The second kappa shape index (κ2) is 2.82. The van der Waals surface area contributed by atoms with Crippen LogP contribution in [0, 0.1) is 13.0 Å². The fourth-order valence-corrected chi connectivity index (χ4v) is 3.05. The summed E-state index contributed by atoms with van der Waals surface area (Å²) in [6, 6.07) is 16.0. The summed E-state index contributed by atoms with van der Waals surface area (Å²) in [5, 5.41) is 2.73. The van der Waals surface area contributed by atoms with Gasteiger partial charge in [0.25, 0.3) is 0 Å². The molecule has 0 aliphatic rings. The minimum absolute atomic E-state index is 1.25. The molecule has 1 radical (unpaired) electrons. The molecule has 0 amide bonds. The molecular weight excluding hydrogens is 188 g/mol. The first kappa shape index (κ1) is 8.01. The van der Waals surface area contributed by atoms with Crippen molar-refractivity contribution in [2.75, 3.05) is 0 Å². The third kappa shape index (κ3) is 0.992. The Morgan fingerprint density at radius 3 is 2.86 bits per heavy atom. The summed E-state index contributed by atoms with van der Waals surface area (Å²) >= 11 is 1.86. The molecule has 0 fully saturated rings. The molecule has 3 aromatic rings. The van der Waals surface area contributed by atoms with Crippen molar-refractivity contribution < 1.29 is 0 Å². The number of thiophene rings is 1. The lowest BCUT2D eigenvalue weighted by Gasteiger charge is -1.94. The zero-order valence-corrected chi connectivity index (χ0v) is 8.69. The first-order valence-electron chi connectivity index (χ1n) is 4.65.